The Morgan fingerprint density at radius 1 is 0.729 bits per heavy atom. The lowest BCUT2D eigenvalue weighted by Crippen LogP contribution is -3.00. The highest BCUT2D eigenvalue weighted by atomic mass is 35.5. The van der Waals surface area contributed by atoms with Gasteiger partial charge in [-0.1, -0.05) is 78.9 Å². The molecule has 15 nitrogen and oxygen atoms in total. The lowest BCUT2D eigenvalue weighted by Gasteiger charge is -2.29. The number of rotatable bonds is 19. The first-order valence-electron chi connectivity index (χ1n) is 18.7. The number of hydrogen-bond donors (Lipinski definition) is 6. The monoisotopic (exact) mass is 850 g/mol. The Balaban J connectivity index is 0.00000930. The highest BCUT2D eigenvalue weighted by Crippen LogP contribution is 2.59. The van der Waals surface area contributed by atoms with E-state index in [1.807, 2.05) is 6.07 Å². The van der Waals surface area contributed by atoms with Crippen LogP contribution in [0.5, 0.6) is 11.5 Å². The lowest BCUT2D eigenvalue weighted by atomic mass is 10.1. The van der Waals surface area contributed by atoms with Gasteiger partial charge in [-0.3, -0.25) is 20.7 Å². The van der Waals surface area contributed by atoms with Crippen LogP contribution in [0.4, 0.5) is 9.59 Å². The third-order valence-corrected chi connectivity index (χ3v) is 10.3. The summed E-state index contributed by atoms with van der Waals surface area (Å²) >= 11 is 0. The lowest BCUT2D eigenvalue weighted by molar-refractivity contribution is -0.129. The molecule has 4 aromatic carbocycles. The Morgan fingerprint density at radius 3 is 1.80 bits per heavy atom. The van der Waals surface area contributed by atoms with Crippen molar-refractivity contribution in [3.8, 4) is 11.5 Å². The summed E-state index contributed by atoms with van der Waals surface area (Å²) in [6, 6.07) is 29.7. The summed E-state index contributed by atoms with van der Waals surface area (Å²) in [7, 11) is -4.40. The molecule has 4 rings (SSSR count). The fourth-order valence-electron chi connectivity index (χ4n) is 5.38. The summed E-state index contributed by atoms with van der Waals surface area (Å²) in [6.07, 6.45) is -0.436. The molecular formula is C42H52ClN6O9P. The SMILES string of the molecule is C[C@H](NC(=O)[C@H](CCCCNC(=O)OC(C)(C)C)NC(=O)OCc1ccccc1)C(=O)NC(c1ccc(C(N)=[NH2+])cc1)P(=O)(Oc1ccccc1)Oc1ccccc1.[Cl-]. The third kappa shape index (κ3) is 16.0. The van der Waals surface area contributed by atoms with Gasteiger partial charge in [0.1, 0.15) is 35.8 Å². The minimum absolute atomic E-state index is 0. The molecule has 0 aliphatic heterocycles. The zero-order valence-electron chi connectivity index (χ0n) is 33.4. The second kappa shape index (κ2) is 22.8. The van der Waals surface area contributed by atoms with E-state index in [0.29, 0.717) is 24.0 Å². The Bertz CT molecular complexity index is 1980. The Labute approximate surface area is 350 Å². The number of halogens is 1. The molecule has 0 saturated carbocycles. The zero-order chi connectivity index (χ0) is 42.1. The molecule has 0 heterocycles. The first-order chi connectivity index (χ1) is 27.6. The van der Waals surface area contributed by atoms with Gasteiger partial charge in [0.2, 0.25) is 11.8 Å². The van der Waals surface area contributed by atoms with Gasteiger partial charge in [-0.15, -0.1) is 0 Å². The van der Waals surface area contributed by atoms with Crippen molar-refractivity contribution in [1.82, 2.24) is 21.3 Å². The van der Waals surface area contributed by atoms with Crippen molar-refractivity contribution in [2.24, 2.45) is 5.73 Å². The molecule has 4 aromatic rings. The summed E-state index contributed by atoms with van der Waals surface area (Å²) in [5, 5.41) is 16.5. The summed E-state index contributed by atoms with van der Waals surface area (Å²) in [5.74, 6) is -2.35. The van der Waals surface area contributed by atoms with E-state index in [0.717, 1.165) is 5.56 Å². The topological polar surface area (TPSA) is 222 Å². The number of ether oxygens (including phenoxy) is 2. The molecule has 0 spiro atoms. The predicted molar refractivity (Wildman–Crippen MR) is 219 cm³/mol. The van der Waals surface area contributed by atoms with Crippen molar-refractivity contribution in [3.63, 3.8) is 0 Å². The van der Waals surface area contributed by atoms with Crippen LogP contribution < -0.4 is 53.9 Å². The molecular weight excluding hydrogens is 799 g/mol. The molecule has 0 aliphatic carbocycles. The van der Waals surface area contributed by atoms with E-state index in [4.69, 9.17) is 29.7 Å². The maximum atomic E-state index is 15.0. The number of amides is 4. The van der Waals surface area contributed by atoms with Crippen LogP contribution in [-0.2, 0) is 30.2 Å². The molecule has 0 saturated heterocycles. The van der Waals surface area contributed by atoms with Crippen LogP contribution in [0.1, 0.15) is 69.4 Å². The number of para-hydroxylation sites is 2. The number of carbonyl (C=O) groups is 4. The fraction of sp³-hybridized carbons (Fsp3) is 0.310. The zero-order valence-corrected chi connectivity index (χ0v) is 35.0. The number of alkyl carbamates (subject to hydrolysis) is 2. The molecule has 0 aromatic heterocycles. The van der Waals surface area contributed by atoms with Crippen molar-refractivity contribution in [3.05, 3.63) is 132 Å². The van der Waals surface area contributed by atoms with E-state index in [1.165, 1.54) is 6.92 Å². The molecule has 3 atom stereocenters. The van der Waals surface area contributed by atoms with Gasteiger partial charge in [0.25, 0.3) is 5.84 Å². The fourth-order valence-corrected chi connectivity index (χ4v) is 7.28. The second-order valence-corrected chi connectivity index (χ2v) is 16.2. The van der Waals surface area contributed by atoms with Crippen LogP contribution in [0.3, 0.4) is 0 Å². The molecule has 316 valence electrons. The van der Waals surface area contributed by atoms with Crippen LogP contribution in [-0.4, -0.2) is 54.1 Å². The largest absolute Gasteiger partial charge is 1.00 e. The number of nitrogens with one attached hydrogen (secondary N) is 4. The molecule has 0 bridgehead atoms. The van der Waals surface area contributed by atoms with Gasteiger partial charge in [0.05, 0.1) is 5.56 Å². The van der Waals surface area contributed by atoms with Crippen molar-refractivity contribution in [2.75, 3.05) is 6.54 Å². The van der Waals surface area contributed by atoms with E-state index in [2.05, 4.69) is 21.3 Å². The molecule has 0 aliphatic rings. The van der Waals surface area contributed by atoms with E-state index in [9.17, 15) is 19.2 Å². The van der Waals surface area contributed by atoms with Crippen LogP contribution >= 0.6 is 7.60 Å². The van der Waals surface area contributed by atoms with Gasteiger partial charge in [-0.05, 0) is 94.5 Å². The van der Waals surface area contributed by atoms with E-state index in [1.54, 1.807) is 130 Å². The van der Waals surface area contributed by atoms with E-state index >= 15 is 4.57 Å². The quantitative estimate of drug-likeness (QED) is 0.0349. The molecule has 4 amide bonds. The first-order valence-corrected chi connectivity index (χ1v) is 20.3. The highest BCUT2D eigenvalue weighted by Gasteiger charge is 2.43. The molecule has 59 heavy (non-hydrogen) atoms. The Hall–Kier alpha value is -6.05. The Morgan fingerprint density at radius 2 is 1.27 bits per heavy atom. The molecule has 0 fully saturated rings. The molecule has 1 unspecified atom stereocenters. The van der Waals surface area contributed by atoms with Crippen LogP contribution in [0.15, 0.2) is 115 Å². The maximum absolute atomic E-state index is 15.0. The van der Waals surface area contributed by atoms with Crippen molar-refractivity contribution >= 4 is 37.4 Å². The normalized spacial score (nSPS) is 12.5. The summed E-state index contributed by atoms with van der Waals surface area (Å²) < 4.78 is 37.8. The smallest absolute Gasteiger partial charge is 0.457 e. The van der Waals surface area contributed by atoms with Crippen LogP contribution in [0.2, 0.25) is 0 Å². The first kappa shape index (κ1) is 47.3. The summed E-state index contributed by atoms with van der Waals surface area (Å²) in [4.78, 5) is 52.7. The molecule has 17 heteroatoms. The van der Waals surface area contributed by atoms with Gasteiger partial charge in [0, 0.05) is 6.54 Å². The van der Waals surface area contributed by atoms with Gasteiger partial charge >= 0.3 is 19.8 Å². The van der Waals surface area contributed by atoms with Crippen LogP contribution in [0, 0.1) is 0 Å². The Kier molecular flexibility index (Phi) is 18.3. The number of carbonyl (C=O) groups excluding carboxylic acids is 4. The number of hydrogen-bond acceptors (Lipinski definition) is 9. The van der Waals surface area contributed by atoms with E-state index in [-0.39, 0.29) is 49.3 Å². The highest BCUT2D eigenvalue weighted by molar-refractivity contribution is 7.55. The number of benzene rings is 4. The summed E-state index contributed by atoms with van der Waals surface area (Å²) in [5.41, 5.74) is 6.70. The summed E-state index contributed by atoms with van der Waals surface area (Å²) in [6.45, 7) is 6.93. The standard InChI is InChI=1S/C42H51N6O9P.ClH/c1-29(46-38(50)35(22-14-15-27-45-40(51)55-42(2,3)4)47-41(52)54-28-30-16-8-5-9-17-30)37(49)48-39(32-25-23-31(24-26-32)36(43)44)58(53,56-33-18-10-6-11-19-33)57-34-20-12-7-13-21-34;/h5-13,16-21,23-26,29,35,39H,14-15,22,27-28H2,1-4H3,(H3,43,44)(H,45,51)(H,46,50)(H,47,52)(H,48,49);1H/t29-,35-,39?;/m0./s1. The van der Waals surface area contributed by atoms with Crippen LogP contribution in [0.25, 0.3) is 0 Å². The average Bonchev–Trinajstić information content (AvgIpc) is 3.18. The molecule has 0 radical (unpaired) electrons. The third-order valence-electron chi connectivity index (χ3n) is 8.27. The number of nitrogens with two attached hydrogens (primary N) is 2. The van der Waals surface area contributed by atoms with Gasteiger partial charge in [-0.2, -0.15) is 0 Å². The maximum Gasteiger partial charge on any atom is 0.457 e. The van der Waals surface area contributed by atoms with Crippen molar-refractivity contribution in [1.29, 1.82) is 0 Å². The second-order valence-electron chi connectivity index (χ2n) is 14.3. The number of amidine groups is 1. The van der Waals surface area contributed by atoms with E-state index < -0.39 is 55.1 Å². The minimum atomic E-state index is -4.40. The van der Waals surface area contributed by atoms with Gasteiger partial charge < -0.3 is 52.2 Å². The van der Waals surface area contributed by atoms with Gasteiger partial charge in [0.15, 0.2) is 5.78 Å². The predicted octanol–water partition coefficient (Wildman–Crippen LogP) is 2.12. The number of unbranched alkanes of at least 4 members (excludes halogenated alkanes) is 1. The van der Waals surface area contributed by atoms with Crippen molar-refractivity contribution < 1.29 is 60.1 Å². The average molecular weight is 851 g/mol. The minimum Gasteiger partial charge on any atom is -1.00 e. The van der Waals surface area contributed by atoms with Gasteiger partial charge in [-0.25, -0.2) is 14.2 Å². The molecule has 8 N–H and O–H groups in total. The van der Waals surface area contributed by atoms with Crippen molar-refractivity contribution in [2.45, 2.75) is 77.0 Å².